The van der Waals surface area contributed by atoms with Crippen molar-refractivity contribution in [3.63, 3.8) is 0 Å². The Bertz CT molecular complexity index is 560. The molecule has 6 nitrogen and oxygen atoms in total. The fraction of sp³-hybridized carbons (Fsp3) is 0.429. The zero-order valence-corrected chi connectivity index (χ0v) is 12.0. The van der Waals surface area contributed by atoms with Crippen LogP contribution in [-0.4, -0.2) is 36.3 Å². The van der Waals surface area contributed by atoms with Gasteiger partial charge in [0.05, 0.1) is 12.1 Å². The summed E-state index contributed by atoms with van der Waals surface area (Å²) in [5.74, 6) is 6.76. The van der Waals surface area contributed by atoms with E-state index in [-0.39, 0.29) is 0 Å². The van der Waals surface area contributed by atoms with Gasteiger partial charge in [-0.15, -0.1) is 0 Å². The van der Waals surface area contributed by atoms with Crippen molar-refractivity contribution >= 4 is 22.7 Å². The Morgan fingerprint density at radius 1 is 1.25 bits per heavy atom. The SMILES string of the molecule is CCOCCN(CC)c1nc(NN)nc2ccccc12. The van der Waals surface area contributed by atoms with Crippen molar-refractivity contribution < 1.29 is 4.74 Å². The largest absolute Gasteiger partial charge is 0.380 e. The highest BCUT2D eigenvalue weighted by molar-refractivity contribution is 5.90. The molecule has 6 heteroatoms. The van der Waals surface area contributed by atoms with E-state index >= 15 is 0 Å². The molecule has 3 N–H and O–H groups in total. The fourth-order valence-electron chi connectivity index (χ4n) is 2.10. The number of hydrogen-bond acceptors (Lipinski definition) is 6. The van der Waals surface area contributed by atoms with E-state index in [2.05, 4.69) is 27.2 Å². The van der Waals surface area contributed by atoms with Gasteiger partial charge >= 0.3 is 0 Å². The average molecular weight is 275 g/mol. The Labute approximate surface area is 118 Å². The van der Waals surface area contributed by atoms with Gasteiger partial charge in [0.1, 0.15) is 5.82 Å². The van der Waals surface area contributed by atoms with Gasteiger partial charge in [0, 0.05) is 25.1 Å². The number of para-hydroxylation sites is 1. The number of aromatic nitrogens is 2. The molecule has 2 rings (SSSR count). The number of nitrogens with one attached hydrogen (secondary N) is 1. The summed E-state index contributed by atoms with van der Waals surface area (Å²) in [6.45, 7) is 7.12. The highest BCUT2D eigenvalue weighted by Gasteiger charge is 2.12. The molecule has 108 valence electrons. The average Bonchev–Trinajstić information content (AvgIpc) is 2.50. The first-order valence-electron chi connectivity index (χ1n) is 6.86. The molecular formula is C14H21N5O. The highest BCUT2D eigenvalue weighted by Crippen LogP contribution is 2.24. The van der Waals surface area contributed by atoms with Crippen LogP contribution in [0.15, 0.2) is 24.3 Å². The molecule has 20 heavy (non-hydrogen) atoms. The van der Waals surface area contributed by atoms with E-state index in [0.29, 0.717) is 12.6 Å². The molecule has 0 aliphatic rings. The molecule has 0 unspecified atom stereocenters. The lowest BCUT2D eigenvalue weighted by Gasteiger charge is -2.23. The van der Waals surface area contributed by atoms with E-state index in [9.17, 15) is 0 Å². The zero-order valence-electron chi connectivity index (χ0n) is 12.0. The smallest absolute Gasteiger partial charge is 0.239 e. The molecule has 0 radical (unpaired) electrons. The molecule has 0 amide bonds. The number of nitrogen functional groups attached to an aromatic ring is 1. The lowest BCUT2D eigenvalue weighted by molar-refractivity contribution is 0.154. The Kier molecular flexibility index (Phi) is 5.09. The van der Waals surface area contributed by atoms with Crippen LogP contribution in [0.3, 0.4) is 0 Å². The number of anilines is 2. The summed E-state index contributed by atoms with van der Waals surface area (Å²) in [5.41, 5.74) is 3.40. The monoisotopic (exact) mass is 275 g/mol. The molecule has 0 aliphatic heterocycles. The van der Waals surface area contributed by atoms with Crippen LogP contribution in [0.5, 0.6) is 0 Å². The van der Waals surface area contributed by atoms with Crippen molar-refractivity contribution in [1.82, 2.24) is 9.97 Å². The van der Waals surface area contributed by atoms with Crippen molar-refractivity contribution in [2.75, 3.05) is 36.6 Å². The van der Waals surface area contributed by atoms with Crippen molar-refractivity contribution in [3.8, 4) is 0 Å². The third-order valence-corrected chi connectivity index (χ3v) is 3.10. The van der Waals surface area contributed by atoms with Crippen LogP contribution in [0.2, 0.25) is 0 Å². The van der Waals surface area contributed by atoms with Crippen LogP contribution >= 0.6 is 0 Å². The minimum absolute atomic E-state index is 0.425. The number of likely N-dealkylation sites (N-methyl/N-ethyl adjacent to an activating group) is 1. The minimum Gasteiger partial charge on any atom is -0.380 e. The maximum atomic E-state index is 5.45. The Morgan fingerprint density at radius 3 is 2.75 bits per heavy atom. The van der Waals surface area contributed by atoms with E-state index < -0.39 is 0 Å². The highest BCUT2D eigenvalue weighted by atomic mass is 16.5. The summed E-state index contributed by atoms with van der Waals surface area (Å²) in [5, 5.41) is 1.02. The van der Waals surface area contributed by atoms with E-state index in [1.54, 1.807) is 0 Å². The molecular weight excluding hydrogens is 254 g/mol. The summed E-state index contributed by atoms with van der Waals surface area (Å²) in [6, 6.07) is 7.92. The van der Waals surface area contributed by atoms with E-state index in [0.717, 1.165) is 36.4 Å². The van der Waals surface area contributed by atoms with Gasteiger partial charge < -0.3 is 9.64 Å². The van der Waals surface area contributed by atoms with Crippen LogP contribution in [0.1, 0.15) is 13.8 Å². The van der Waals surface area contributed by atoms with Crippen molar-refractivity contribution in [1.29, 1.82) is 0 Å². The number of hydrazine groups is 1. The lowest BCUT2D eigenvalue weighted by atomic mass is 10.2. The van der Waals surface area contributed by atoms with Gasteiger partial charge in [-0.05, 0) is 26.0 Å². The van der Waals surface area contributed by atoms with Crippen LogP contribution < -0.4 is 16.2 Å². The summed E-state index contributed by atoms with van der Waals surface area (Å²) >= 11 is 0. The third-order valence-electron chi connectivity index (χ3n) is 3.10. The maximum absolute atomic E-state index is 5.45. The van der Waals surface area contributed by atoms with Gasteiger partial charge in [-0.25, -0.2) is 10.8 Å². The zero-order chi connectivity index (χ0) is 14.4. The first-order valence-corrected chi connectivity index (χ1v) is 6.86. The van der Waals surface area contributed by atoms with Crippen LogP contribution in [-0.2, 0) is 4.74 Å². The number of nitrogens with two attached hydrogens (primary N) is 1. The third kappa shape index (κ3) is 3.15. The first-order chi connectivity index (χ1) is 9.80. The molecule has 1 heterocycles. The molecule has 0 saturated carbocycles. The predicted molar refractivity (Wildman–Crippen MR) is 81.7 cm³/mol. The first kappa shape index (κ1) is 14.5. The second kappa shape index (κ2) is 7.02. The normalized spacial score (nSPS) is 10.8. The van der Waals surface area contributed by atoms with E-state index in [1.807, 2.05) is 31.2 Å². The molecule has 0 spiro atoms. The molecule has 1 aromatic heterocycles. The molecule has 2 aromatic rings. The summed E-state index contributed by atoms with van der Waals surface area (Å²) in [7, 11) is 0. The van der Waals surface area contributed by atoms with Crippen molar-refractivity contribution in [2.45, 2.75) is 13.8 Å². The van der Waals surface area contributed by atoms with Gasteiger partial charge in [0.15, 0.2) is 0 Å². The van der Waals surface area contributed by atoms with Gasteiger partial charge in [0.25, 0.3) is 0 Å². The van der Waals surface area contributed by atoms with Gasteiger partial charge in [-0.1, -0.05) is 12.1 Å². The molecule has 0 aliphatic carbocycles. The van der Waals surface area contributed by atoms with E-state index in [4.69, 9.17) is 10.6 Å². The molecule has 0 fully saturated rings. The second-order valence-electron chi connectivity index (χ2n) is 4.31. The van der Waals surface area contributed by atoms with Crippen molar-refractivity contribution in [2.24, 2.45) is 5.84 Å². The van der Waals surface area contributed by atoms with Gasteiger partial charge in [-0.3, -0.25) is 5.43 Å². The number of hydrogen-bond donors (Lipinski definition) is 2. The molecule has 0 bridgehead atoms. The number of fused-ring (bicyclic) bond motifs is 1. The maximum Gasteiger partial charge on any atom is 0.239 e. The number of benzene rings is 1. The van der Waals surface area contributed by atoms with Crippen LogP contribution in [0.4, 0.5) is 11.8 Å². The predicted octanol–water partition coefficient (Wildman–Crippen LogP) is 1.78. The number of nitrogens with zero attached hydrogens (tertiary/aromatic N) is 3. The summed E-state index contributed by atoms with van der Waals surface area (Å²) in [4.78, 5) is 11.0. The van der Waals surface area contributed by atoms with E-state index in [1.165, 1.54) is 0 Å². The minimum atomic E-state index is 0.425. The quantitative estimate of drug-likeness (QED) is 0.456. The number of ether oxygens (including phenoxy) is 1. The van der Waals surface area contributed by atoms with Crippen molar-refractivity contribution in [3.05, 3.63) is 24.3 Å². The summed E-state index contributed by atoms with van der Waals surface area (Å²) in [6.07, 6.45) is 0. The Morgan fingerprint density at radius 2 is 2.05 bits per heavy atom. The topological polar surface area (TPSA) is 76.3 Å². The second-order valence-corrected chi connectivity index (χ2v) is 4.31. The lowest BCUT2D eigenvalue weighted by Crippen LogP contribution is -2.29. The van der Waals surface area contributed by atoms with Crippen LogP contribution in [0.25, 0.3) is 10.9 Å². The standard InChI is InChI=1S/C14H21N5O/c1-3-19(9-10-20-4-2)13-11-7-5-6-8-12(11)16-14(17-13)18-15/h5-8H,3-4,9-10,15H2,1-2H3,(H,16,17,18). The van der Waals surface area contributed by atoms with Crippen LogP contribution in [0, 0.1) is 0 Å². The summed E-state index contributed by atoms with van der Waals surface area (Å²) < 4.78 is 5.43. The molecule has 0 atom stereocenters. The number of rotatable bonds is 7. The van der Waals surface area contributed by atoms with Gasteiger partial charge in [0.2, 0.25) is 5.95 Å². The Hall–Kier alpha value is -1.92. The Balaban J connectivity index is 2.38. The van der Waals surface area contributed by atoms with Gasteiger partial charge in [-0.2, -0.15) is 4.98 Å². The molecule has 0 saturated heterocycles. The molecule has 1 aromatic carbocycles. The fourth-order valence-corrected chi connectivity index (χ4v) is 2.10.